The second kappa shape index (κ2) is 6.35. The second-order valence-electron chi connectivity index (χ2n) is 6.11. The molecule has 3 rings (SSSR count). The molecule has 8 heteroatoms. The number of nitrogens with zero attached hydrogens (tertiary/aromatic N) is 3. The Bertz CT molecular complexity index is 795. The Hall–Kier alpha value is -1.22. The van der Waals surface area contributed by atoms with E-state index in [4.69, 9.17) is 0 Å². The third-order valence-electron chi connectivity index (χ3n) is 3.87. The van der Waals surface area contributed by atoms with E-state index in [1.807, 2.05) is 22.1 Å². The second-order valence-corrected chi connectivity index (χ2v) is 9.67. The van der Waals surface area contributed by atoms with Crippen molar-refractivity contribution in [1.29, 1.82) is 0 Å². The Balaban J connectivity index is 1.69. The van der Waals surface area contributed by atoms with Gasteiger partial charge in [-0.05, 0) is 25.1 Å². The number of aliphatic hydroxyl groups is 1. The van der Waals surface area contributed by atoms with Crippen LogP contribution in [0.15, 0.2) is 18.2 Å². The molecule has 0 bridgehead atoms. The summed E-state index contributed by atoms with van der Waals surface area (Å²) in [6, 6.07) is 6.11. The first-order chi connectivity index (χ1) is 10.8. The van der Waals surface area contributed by atoms with E-state index in [-0.39, 0.29) is 5.75 Å². The lowest BCUT2D eigenvalue weighted by Crippen LogP contribution is -2.33. The number of aromatic nitrogens is 2. The van der Waals surface area contributed by atoms with Gasteiger partial charge in [-0.15, -0.1) is 11.3 Å². The highest BCUT2D eigenvalue weighted by atomic mass is 32.2. The number of sulfone groups is 1. The van der Waals surface area contributed by atoms with Crippen LogP contribution in [0.2, 0.25) is 0 Å². The van der Waals surface area contributed by atoms with Crippen LogP contribution in [0.25, 0.3) is 0 Å². The van der Waals surface area contributed by atoms with Crippen LogP contribution in [0, 0.1) is 6.92 Å². The topological polar surface area (TPSA) is 75.4 Å². The van der Waals surface area contributed by atoms with Gasteiger partial charge in [0.05, 0.1) is 23.7 Å². The Morgan fingerprint density at radius 1 is 1.39 bits per heavy atom. The Labute approximate surface area is 140 Å². The largest absolute Gasteiger partial charge is 0.386 e. The van der Waals surface area contributed by atoms with Gasteiger partial charge in [0.15, 0.2) is 0 Å². The summed E-state index contributed by atoms with van der Waals surface area (Å²) in [6.45, 7) is 5.42. The molecule has 1 atom stereocenters. The quantitative estimate of drug-likeness (QED) is 0.876. The number of fused-ring (bicyclic) bond motifs is 1. The van der Waals surface area contributed by atoms with Crippen LogP contribution in [-0.4, -0.2) is 46.8 Å². The van der Waals surface area contributed by atoms with Crippen LogP contribution in [0.1, 0.15) is 27.2 Å². The number of aryl methyl sites for hydroxylation is 1. The fourth-order valence-electron chi connectivity index (χ4n) is 2.80. The lowest BCUT2D eigenvalue weighted by molar-refractivity contribution is 0.191. The van der Waals surface area contributed by atoms with Gasteiger partial charge >= 0.3 is 0 Å². The molecule has 0 unspecified atom stereocenters. The van der Waals surface area contributed by atoms with Gasteiger partial charge in [0.2, 0.25) is 0 Å². The third-order valence-corrected chi connectivity index (χ3v) is 5.78. The van der Waals surface area contributed by atoms with Crippen molar-refractivity contribution in [3.8, 4) is 0 Å². The lowest BCUT2D eigenvalue weighted by atomic mass is 10.2. The van der Waals surface area contributed by atoms with E-state index in [1.54, 1.807) is 0 Å². The van der Waals surface area contributed by atoms with E-state index in [2.05, 4.69) is 29.1 Å². The first kappa shape index (κ1) is 16.6. The van der Waals surface area contributed by atoms with Crippen molar-refractivity contribution in [3.63, 3.8) is 0 Å². The molecule has 0 aliphatic carbocycles. The molecule has 3 heterocycles. The number of rotatable bonds is 5. The highest BCUT2D eigenvalue weighted by Crippen LogP contribution is 2.22. The summed E-state index contributed by atoms with van der Waals surface area (Å²) in [6.07, 6.45) is 0.0632. The molecule has 1 aliphatic heterocycles. The molecular formula is C15H21N3O3S2. The highest BCUT2D eigenvalue weighted by molar-refractivity contribution is 7.90. The maximum atomic E-state index is 11.3. The summed E-state index contributed by atoms with van der Waals surface area (Å²) in [5, 5.41) is 14.4. The Morgan fingerprint density at radius 2 is 2.17 bits per heavy atom. The molecular weight excluding hydrogens is 334 g/mol. The van der Waals surface area contributed by atoms with E-state index >= 15 is 0 Å². The van der Waals surface area contributed by atoms with Gasteiger partial charge in [0, 0.05) is 35.6 Å². The average molecular weight is 355 g/mol. The summed E-state index contributed by atoms with van der Waals surface area (Å²) in [5.41, 5.74) is 1.46. The van der Waals surface area contributed by atoms with Crippen LogP contribution in [0.3, 0.4) is 0 Å². The zero-order valence-electron chi connectivity index (χ0n) is 13.3. The maximum Gasteiger partial charge on any atom is 0.150 e. The fraction of sp³-hybridized carbons (Fsp3) is 0.533. The van der Waals surface area contributed by atoms with Crippen molar-refractivity contribution in [1.82, 2.24) is 14.7 Å². The predicted molar refractivity (Wildman–Crippen MR) is 90.1 cm³/mol. The van der Waals surface area contributed by atoms with Gasteiger partial charge < -0.3 is 5.11 Å². The minimum Gasteiger partial charge on any atom is -0.386 e. The number of thiophene rings is 1. The van der Waals surface area contributed by atoms with Crippen molar-refractivity contribution >= 4 is 21.2 Å². The molecule has 126 valence electrons. The molecule has 0 aromatic carbocycles. The van der Waals surface area contributed by atoms with Gasteiger partial charge in [0.1, 0.15) is 15.9 Å². The molecule has 2 aromatic heterocycles. The summed E-state index contributed by atoms with van der Waals surface area (Å²) in [4.78, 5) is 5.00. The normalized spacial score (nSPS) is 17.2. The molecule has 2 aromatic rings. The van der Waals surface area contributed by atoms with Crippen molar-refractivity contribution < 1.29 is 13.5 Å². The van der Waals surface area contributed by atoms with Crippen molar-refractivity contribution in [3.05, 3.63) is 39.3 Å². The van der Waals surface area contributed by atoms with Crippen molar-refractivity contribution in [2.24, 2.45) is 0 Å². The van der Waals surface area contributed by atoms with Crippen LogP contribution < -0.4 is 0 Å². The Morgan fingerprint density at radius 3 is 2.83 bits per heavy atom. The van der Waals surface area contributed by atoms with Gasteiger partial charge in [-0.3, -0.25) is 9.58 Å². The lowest BCUT2D eigenvalue weighted by Gasteiger charge is -2.26. The summed E-state index contributed by atoms with van der Waals surface area (Å²) in [7, 11) is -3.23. The molecule has 0 saturated heterocycles. The van der Waals surface area contributed by atoms with Gasteiger partial charge in [-0.1, -0.05) is 0 Å². The molecule has 1 N–H and O–H groups in total. The standard InChI is InChI=1S/C15H21N3O3S2/c1-11-3-4-13(22-11)9-17-5-6-18-12(8-17)7-14(16-18)15(19)10-23(2,20)21/h3-4,7,15,19H,5-6,8-10H2,1-2H3/t15-/m0/s1. The molecule has 0 spiro atoms. The molecule has 23 heavy (non-hydrogen) atoms. The summed E-state index contributed by atoms with van der Waals surface area (Å²) >= 11 is 1.81. The Kier molecular flexibility index (Phi) is 4.59. The molecule has 0 amide bonds. The van der Waals surface area contributed by atoms with Crippen molar-refractivity contribution in [2.75, 3.05) is 18.6 Å². The number of aliphatic hydroxyl groups excluding tert-OH is 1. The predicted octanol–water partition coefficient (Wildman–Crippen LogP) is 1.35. The number of hydrogen-bond donors (Lipinski definition) is 1. The third kappa shape index (κ3) is 4.20. The molecule has 0 radical (unpaired) electrons. The minimum absolute atomic E-state index is 0.290. The average Bonchev–Trinajstić information content (AvgIpc) is 3.02. The van der Waals surface area contributed by atoms with Gasteiger partial charge in [0.25, 0.3) is 0 Å². The molecule has 6 nitrogen and oxygen atoms in total. The van der Waals surface area contributed by atoms with Crippen LogP contribution in [0.4, 0.5) is 0 Å². The maximum absolute atomic E-state index is 11.3. The first-order valence-electron chi connectivity index (χ1n) is 7.50. The van der Waals surface area contributed by atoms with E-state index in [0.717, 1.165) is 38.1 Å². The first-order valence-corrected chi connectivity index (χ1v) is 10.4. The van der Waals surface area contributed by atoms with E-state index in [1.165, 1.54) is 9.75 Å². The van der Waals surface area contributed by atoms with Gasteiger partial charge in [-0.25, -0.2) is 8.42 Å². The monoisotopic (exact) mass is 355 g/mol. The van der Waals surface area contributed by atoms with Gasteiger partial charge in [-0.2, -0.15) is 5.10 Å². The molecule has 1 aliphatic rings. The van der Waals surface area contributed by atoms with E-state index in [0.29, 0.717) is 5.69 Å². The SMILES string of the molecule is Cc1ccc(CN2CCn3nc([C@@H](O)CS(C)(=O)=O)cc3C2)s1. The fourth-order valence-corrected chi connectivity index (χ4v) is 4.48. The van der Waals surface area contributed by atoms with Crippen molar-refractivity contribution in [2.45, 2.75) is 32.7 Å². The highest BCUT2D eigenvalue weighted by Gasteiger charge is 2.23. The summed E-state index contributed by atoms with van der Waals surface area (Å²) in [5.74, 6) is -0.290. The van der Waals surface area contributed by atoms with Crippen LogP contribution in [0.5, 0.6) is 0 Å². The zero-order valence-corrected chi connectivity index (χ0v) is 14.9. The van der Waals surface area contributed by atoms with Crippen LogP contribution >= 0.6 is 11.3 Å². The van der Waals surface area contributed by atoms with Crippen LogP contribution in [-0.2, 0) is 29.5 Å². The smallest absolute Gasteiger partial charge is 0.150 e. The molecule has 0 saturated carbocycles. The van der Waals surface area contributed by atoms with E-state index < -0.39 is 15.9 Å². The summed E-state index contributed by atoms with van der Waals surface area (Å²) < 4.78 is 24.5. The number of hydrogen-bond acceptors (Lipinski definition) is 6. The molecule has 0 fully saturated rings. The van der Waals surface area contributed by atoms with E-state index in [9.17, 15) is 13.5 Å². The zero-order chi connectivity index (χ0) is 16.6. The minimum atomic E-state index is -3.23.